The van der Waals surface area contributed by atoms with E-state index in [1.807, 2.05) is 0 Å². The molecule has 0 nitrogen and oxygen atoms in total. The molecule has 4 atom stereocenters. The molecule has 0 N–H and O–H groups in total. The van der Waals surface area contributed by atoms with Gasteiger partial charge in [0.1, 0.15) is 0 Å². The summed E-state index contributed by atoms with van der Waals surface area (Å²) in [6, 6.07) is 0. The van der Waals surface area contributed by atoms with Crippen LogP contribution in [0.15, 0.2) is 24.3 Å². The van der Waals surface area contributed by atoms with Crippen molar-refractivity contribution in [3.63, 3.8) is 0 Å². The van der Waals surface area contributed by atoms with Crippen molar-refractivity contribution >= 4 is 23.1 Å². The monoisotopic (exact) mass is 750 g/mol. The van der Waals surface area contributed by atoms with Crippen molar-refractivity contribution in [1.82, 2.24) is 0 Å². The molecule has 0 amide bonds. The van der Waals surface area contributed by atoms with Crippen LogP contribution < -0.4 is 0 Å². The summed E-state index contributed by atoms with van der Waals surface area (Å²) in [6.45, 7) is 9.61. The van der Waals surface area contributed by atoms with Gasteiger partial charge in [-0.3, -0.25) is 0 Å². The maximum Gasteiger partial charge on any atom is 0.673 e. The van der Waals surface area contributed by atoms with Crippen molar-refractivity contribution in [2.24, 2.45) is 0 Å². The number of hydrogen-bond acceptors (Lipinski definition) is 0. The predicted molar refractivity (Wildman–Crippen MR) is 171 cm³/mol. The first-order chi connectivity index (χ1) is 18.7. The van der Waals surface area contributed by atoms with Gasteiger partial charge in [0.15, 0.2) is 0 Å². The van der Waals surface area contributed by atoms with Gasteiger partial charge in [0, 0.05) is 36.5 Å². The second kappa shape index (κ2) is 23.6. The van der Waals surface area contributed by atoms with Crippen LogP contribution in [0.3, 0.4) is 0 Å². The first kappa shape index (κ1) is 42.3. The summed E-state index contributed by atoms with van der Waals surface area (Å²) in [7, 11) is -5.05. The summed E-state index contributed by atoms with van der Waals surface area (Å²) in [6.07, 6.45) is 35.5. The van der Waals surface area contributed by atoms with E-state index < -0.39 is 7.25 Å². The van der Waals surface area contributed by atoms with Crippen LogP contribution in [-0.4, -0.2) is 41.2 Å². The number of rotatable bonds is 6. The van der Waals surface area contributed by atoms with Crippen molar-refractivity contribution in [3.8, 4) is 0 Å². The first-order valence-corrected chi connectivity index (χ1v) is 19.5. The largest absolute Gasteiger partial charge is 0.673 e. The van der Waals surface area contributed by atoms with Crippen molar-refractivity contribution in [2.75, 3.05) is 0 Å². The third-order valence-corrected chi connectivity index (χ3v) is 17.9. The van der Waals surface area contributed by atoms with Crippen LogP contribution in [0.1, 0.15) is 143 Å². The zero-order chi connectivity index (χ0) is 28.7. The summed E-state index contributed by atoms with van der Waals surface area (Å²) in [5.74, 6) is 0. The maximum absolute atomic E-state index is 9.75. The Hall–Kier alpha value is 1.27. The fraction of sp³-hybridized carbons (Fsp3) is 0.875. The maximum atomic E-state index is 9.75. The van der Waals surface area contributed by atoms with E-state index in [9.17, 15) is 17.3 Å². The van der Waals surface area contributed by atoms with Crippen molar-refractivity contribution in [3.05, 3.63) is 24.3 Å². The number of halogens is 4. The Labute approximate surface area is 277 Å². The Morgan fingerprint density at radius 2 is 0.756 bits per heavy atom. The molecule has 2 saturated heterocycles. The number of allylic oxidation sites excluding steroid dienone is 4. The van der Waals surface area contributed by atoms with Gasteiger partial charge in [0.2, 0.25) is 0 Å². The Kier molecular flexibility index (Phi) is 24.3. The van der Waals surface area contributed by atoms with Gasteiger partial charge in [0.25, 0.3) is 0 Å². The van der Waals surface area contributed by atoms with Crippen molar-refractivity contribution < 1.29 is 53.8 Å². The van der Waals surface area contributed by atoms with Crippen LogP contribution in [0, 0.1) is 0 Å². The molecule has 2 saturated carbocycles. The molecule has 4 fully saturated rings. The molecule has 9 heteroatoms. The fourth-order valence-electron chi connectivity index (χ4n) is 7.40. The Balaban J connectivity index is 0.000000541. The van der Waals surface area contributed by atoms with E-state index >= 15 is 0 Å². The average molecular weight is 750 g/mol. The molecule has 245 valence electrons. The molecule has 3 aliphatic carbocycles. The molecular weight excluding hydrogens is 692 g/mol. The molecule has 0 bridgehead atoms. The molecular formula is C32H58BF4FeP2Rh-. The van der Waals surface area contributed by atoms with Crippen LogP contribution in [0.4, 0.5) is 17.3 Å². The van der Waals surface area contributed by atoms with Gasteiger partial charge < -0.3 is 17.3 Å². The molecule has 5 rings (SSSR count). The van der Waals surface area contributed by atoms with E-state index in [0.717, 1.165) is 0 Å². The second-order valence-corrected chi connectivity index (χ2v) is 18.3. The van der Waals surface area contributed by atoms with Gasteiger partial charge in [-0.1, -0.05) is 93.5 Å². The third kappa shape index (κ3) is 15.9. The first-order valence-electron chi connectivity index (χ1n) is 16.4. The Bertz CT molecular complexity index is 610. The predicted octanol–water partition coefficient (Wildman–Crippen LogP) is 12.7. The molecule has 2 heterocycles. The Morgan fingerprint density at radius 1 is 0.537 bits per heavy atom. The van der Waals surface area contributed by atoms with E-state index in [-0.39, 0.29) is 36.5 Å². The van der Waals surface area contributed by atoms with E-state index in [1.165, 1.54) is 111 Å². The van der Waals surface area contributed by atoms with E-state index in [4.69, 9.17) is 0 Å². The van der Waals surface area contributed by atoms with Gasteiger partial charge in [-0.25, -0.2) is 0 Å². The second-order valence-electron chi connectivity index (χ2n) is 12.1. The molecule has 2 aliphatic heterocycles. The molecule has 0 spiro atoms. The van der Waals surface area contributed by atoms with Crippen LogP contribution in [0.2, 0.25) is 0 Å². The van der Waals surface area contributed by atoms with E-state index in [2.05, 4.69) is 52.0 Å². The average Bonchev–Trinajstić information content (AvgIpc) is 3.53. The fourth-order valence-corrected chi connectivity index (χ4v) is 15.8. The number of hydrogen-bond donors (Lipinski definition) is 0. The minimum absolute atomic E-state index is 0. The summed E-state index contributed by atoms with van der Waals surface area (Å²) in [5.41, 5.74) is 7.06. The van der Waals surface area contributed by atoms with Gasteiger partial charge in [-0.15, -0.1) is 0 Å². The summed E-state index contributed by atoms with van der Waals surface area (Å²) >= 11 is 0. The summed E-state index contributed by atoms with van der Waals surface area (Å²) in [4.78, 5) is 0. The molecule has 1 radical (unpaired) electrons. The minimum atomic E-state index is -6.00. The van der Waals surface area contributed by atoms with Gasteiger partial charge >= 0.3 is 7.25 Å². The molecule has 5 aliphatic rings. The van der Waals surface area contributed by atoms with Crippen molar-refractivity contribution in [1.29, 1.82) is 0 Å². The van der Waals surface area contributed by atoms with Crippen LogP contribution in [0.25, 0.3) is 0 Å². The van der Waals surface area contributed by atoms with Crippen molar-refractivity contribution in [2.45, 2.75) is 177 Å². The SMILES string of the molecule is C1=C\CC/C=C\CC/1.CC[C@@H]1C[C@@H](CC)P1C1CCCC1.CC[C@@H]1C[C@@H](CC)P1C1CCCC1.F[B-](F)(F)F.[Fe].[Rh]. The zero-order valence-corrected chi connectivity index (χ0v) is 30.7. The molecule has 41 heavy (non-hydrogen) atoms. The zero-order valence-electron chi connectivity index (χ0n) is 26.2. The molecule has 0 aromatic carbocycles. The standard InChI is InChI=1S/2C12H23P.C8H12.BF4.Fe.Rh/c2*1-3-10-9-11(4-2)13(10)12-7-5-6-8-12;1-2-4-6-8-7-5-3-1;2-1(3,4)5;;/h2*10-12H,3-9H2,1-2H3;1-2,7-8H,3-6H2;;;/q;;;-1;;/b;;2-1-,8-7-;;;/t2*10-,11-;;;;/m11..../s1. The Morgan fingerprint density at radius 3 is 0.951 bits per heavy atom. The van der Waals surface area contributed by atoms with Crippen LogP contribution in [-0.2, 0) is 36.5 Å². The summed E-state index contributed by atoms with van der Waals surface area (Å²) < 4.78 is 39.0. The molecule has 0 unspecified atom stereocenters. The topological polar surface area (TPSA) is 0 Å². The normalized spacial score (nSPS) is 30.0. The minimum Gasteiger partial charge on any atom is -0.418 e. The van der Waals surface area contributed by atoms with Crippen LogP contribution >= 0.6 is 15.8 Å². The molecule has 0 aromatic rings. The summed E-state index contributed by atoms with van der Waals surface area (Å²) in [5, 5.41) is 0. The van der Waals surface area contributed by atoms with Gasteiger partial charge in [0.05, 0.1) is 0 Å². The van der Waals surface area contributed by atoms with Gasteiger partial charge in [-0.2, -0.15) is 0 Å². The molecule has 0 aromatic heterocycles. The van der Waals surface area contributed by atoms with E-state index in [1.54, 1.807) is 38.5 Å². The van der Waals surface area contributed by atoms with Gasteiger partial charge in [-0.05, 0) is 124 Å². The quantitative estimate of drug-likeness (QED) is 0.110. The smallest absolute Gasteiger partial charge is 0.418 e. The van der Waals surface area contributed by atoms with E-state index in [0.29, 0.717) is 15.8 Å². The third-order valence-electron chi connectivity index (χ3n) is 9.49. The van der Waals surface area contributed by atoms with Crippen LogP contribution in [0.5, 0.6) is 0 Å².